The third-order valence-corrected chi connectivity index (χ3v) is 8.02. The van der Waals surface area contributed by atoms with E-state index >= 15 is 0 Å². The molecule has 6 rings (SSSR count). The molecule has 140 valence electrons. The number of piperidine rings is 1. The Bertz CT molecular complexity index is 810. The molecule has 2 unspecified atom stereocenters. The molecule has 3 fully saturated rings. The molecule has 6 nitrogen and oxygen atoms in total. The van der Waals surface area contributed by atoms with Crippen LogP contribution in [0.15, 0.2) is 12.1 Å². The average molecular weight is 359 g/mol. The van der Waals surface area contributed by atoms with E-state index in [2.05, 4.69) is 0 Å². The summed E-state index contributed by atoms with van der Waals surface area (Å²) in [5, 5.41) is 46.9. The molecule has 1 saturated heterocycles. The van der Waals surface area contributed by atoms with Crippen molar-refractivity contribution in [2.24, 2.45) is 5.92 Å². The smallest absolute Gasteiger partial charge is 0.165 e. The number of hydroxylamine groups is 3. The van der Waals surface area contributed by atoms with E-state index in [0.29, 0.717) is 50.4 Å². The average Bonchev–Trinajstić information content (AvgIpc) is 3.32. The van der Waals surface area contributed by atoms with Crippen LogP contribution in [0.2, 0.25) is 0 Å². The van der Waals surface area contributed by atoms with Gasteiger partial charge in [0.15, 0.2) is 11.5 Å². The Morgan fingerprint density at radius 3 is 2.81 bits per heavy atom. The molecule has 1 aromatic carbocycles. The first-order chi connectivity index (χ1) is 12.4. The number of phenolic OH excluding ortho intramolecular Hbond substituents is 1. The fourth-order valence-electron chi connectivity index (χ4n) is 6.73. The van der Waals surface area contributed by atoms with Crippen LogP contribution in [0.1, 0.15) is 43.2 Å². The van der Waals surface area contributed by atoms with E-state index in [9.17, 15) is 20.5 Å². The van der Waals surface area contributed by atoms with Crippen LogP contribution in [0.25, 0.3) is 0 Å². The molecule has 6 heteroatoms. The van der Waals surface area contributed by atoms with Crippen molar-refractivity contribution in [2.75, 3.05) is 13.1 Å². The SMILES string of the molecule is [O-][N+]1(CC2CC2)CC[C@@]23c4c5ccc(O)c4OC2[C@H](O)CC[C@]3(O)[C@@H]1C5. The Kier molecular flexibility index (Phi) is 2.75. The van der Waals surface area contributed by atoms with Gasteiger partial charge in [-0.3, -0.25) is 0 Å². The second kappa shape index (κ2) is 4.55. The van der Waals surface area contributed by atoms with E-state index in [4.69, 9.17) is 4.74 Å². The van der Waals surface area contributed by atoms with Gasteiger partial charge in [-0.15, -0.1) is 0 Å². The van der Waals surface area contributed by atoms with E-state index in [1.165, 1.54) is 0 Å². The highest BCUT2D eigenvalue weighted by atomic mass is 16.6. The minimum atomic E-state index is -1.18. The quantitative estimate of drug-likeness (QED) is 0.547. The number of hydrogen-bond donors (Lipinski definition) is 3. The van der Waals surface area contributed by atoms with Crippen LogP contribution in [0.5, 0.6) is 11.5 Å². The van der Waals surface area contributed by atoms with Gasteiger partial charge < -0.3 is 29.9 Å². The van der Waals surface area contributed by atoms with Gasteiger partial charge in [-0.2, -0.15) is 0 Å². The number of aliphatic hydroxyl groups excluding tert-OH is 1. The Labute approximate surface area is 152 Å². The lowest BCUT2D eigenvalue weighted by atomic mass is 9.48. The molecule has 6 atom stereocenters. The van der Waals surface area contributed by atoms with Crippen LogP contribution in [0, 0.1) is 11.1 Å². The van der Waals surface area contributed by atoms with Crippen molar-refractivity contribution in [1.29, 1.82) is 0 Å². The maximum absolute atomic E-state index is 13.9. The van der Waals surface area contributed by atoms with E-state index in [0.717, 1.165) is 24.0 Å². The summed E-state index contributed by atoms with van der Waals surface area (Å²) < 4.78 is 5.76. The first kappa shape index (κ1) is 15.7. The highest BCUT2D eigenvalue weighted by Gasteiger charge is 2.75. The molecular weight excluding hydrogens is 334 g/mol. The van der Waals surface area contributed by atoms with Gasteiger partial charge in [0.25, 0.3) is 0 Å². The topological polar surface area (TPSA) is 93.0 Å². The van der Waals surface area contributed by atoms with Crippen molar-refractivity contribution >= 4 is 0 Å². The van der Waals surface area contributed by atoms with Gasteiger partial charge >= 0.3 is 0 Å². The summed E-state index contributed by atoms with van der Waals surface area (Å²) in [4.78, 5) is 0. The first-order valence-corrected chi connectivity index (χ1v) is 9.89. The zero-order valence-electron chi connectivity index (χ0n) is 14.7. The van der Waals surface area contributed by atoms with Crippen LogP contribution in [-0.4, -0.2) is 56.9 Å². The summed E-state index contributed by atoms with van der Waals surface area (Å²) >= 11 is 0. The van der Waals surface area contributed by atoms with Crippen LogP contribution < -0.4 is 4.74 Å². The lowest BCUT2D eigenvalue weighted by Gasteiger charge is -2.67. The predicted octanol–water partition coefficient (Wildman–Crippen LogP) is 1.33. The molecule has 1 aromatic rings. The minimum Gasteiger partial charge on any atom is -0.632 e. The minimum absolute atomic E-state index is 0.0620. The van der Waals surface area contributed by atoms with Gasteiger partial charge in [0, 0.05) is 24.3 Å². The van der Waals surface area contributed by atoms with Crippen molar-refractivity contribution in [3.8, 4) is 11.5 Å². The summed E-state index contributed by atoms with van der Waals surface area (Å²) in [7, 11) is 0. The summed E-state index contributed by atoms with van der Waals surface area (Å²) in [6.45, 7) is 1.04. The molecule has 2 heterocycles. The molecule has 3 N–H and O–H groups in total. The molecule has 1 spiro atoms. The van der Waals surface area contributed by atoms with E-state index in [-0.39, 0.29) is 10.4 Å². The molecule has 2 saturated carbocycles. The Hall–Kier alpha value is -1.34. The first-order valence-electron chi connectivity index (χ1n) is 9.89. The highest BCUT2D eigenvalue weighted by molar-refractivity contribution is 5.62. The summed E-state index contributed by atoms with van der Waals surface area (Å²) in [5.41, 5.74) is -0.0968. The number of likely N-dealkylation sites (tertiary alicyclic amines) is 1. The maximum Gasteiger partial charge on any atom is 0.165 e. The molecule has 2 bridgehead atoms. The van der Waals surface area contributed by atoms with Crippen LogP contribution in [0.4, 0.5) is 0 Å². The zero-order chi connectivity index (χ0) is 17.9. The van der Waals surface area contributed by atoms with Crippen LogP contribution >= 0.6 is 0 Å². The van der Waals surface area contributed by atoms with Gasteiger partial charge in [0.1, 0.15) is 17.7 Å². The van der Waals surface area contributed by atoms with Crippen LogP contribution in [0.3, 0.4) is 0 Å². The Morgan fingerprint density at radius 2 is 2.04 bits per heavy atom. The number of aromatic hydroxyl groups is 1. The summed E-state index contributed by atoms with van der Waals surface area (Å²) in [5.74, 6) is 0.970. The van der Waals surface area contributed by atoms with Gasteiger partial charge in [0.2, 0.25) is 0 Å². The van der Waals surface area contributed by atoms with Crippen LogP contribution in [-0.2, 0) is 11.8 Å². The van der Waals surface area contributed by atoms with Gasteiger partial charge in [-0.1, -0.05) is 6.07 Å². The largest absolute Gasteiger partial charge is 0.632 e. The third kappa shape index (κ3) is 1.59. The number of quaternary nitrogens is 1. The molecule has 5 aliphatic rings. The van der Waals surface area contributed by atoms with E-state index in [1.54, 1.807) is 6.07 Å². The monoisotopic (exact) mass is 359 g/mol. The normalized spacial score (nSPS) is 48.0. The number of benzene rings is 1. The molecular formula is C20H25NO5. The Morgan fingerprint density at radius 1 is 1.23 bits per heavy atom. The Balaban J connectivity index is 1.59. The van der Waals surface area contributed by atoms with Crippen molar-refractivity contribution in [2.45, 2.75) is 67.8 Å². The number of phenols is 1. The van der Waals surface area contributed by atoms with Crippen molar-refractivity contribution in [3.05, 3.63) is 28.5 Å². The van der Waals surface area contributed by atoms with E-state index in [1.807, 2.05) is 6.07 Å². The molecule has 2 aliphatic heterocycles. The second-order valence-corrected chi connectivity index (χ2v) is 9.26. The molecule has 3 aliphatic carbocycles. The lowest BCUT2D eigenvalue weighted by molar-refractivity contribution is -0.924. The highest BCUT2D eigenvalue weighted by Crippen LogP contribution is 2.66. The lowest BCUT2D eigenvalue weighted by Crippen LogP contribution is -2.80. The van der Waals surface area contributed by atoms with Crippen molar-refractivity contribution in [3.63, 3.8) is 0 Å². The number of aliphatic hydroxyl groups is 2. The third-order valence-electron chi connectivity index (χ3n) is 8.02. The number of rotatable bonds is 2. The second-order valence-electron chi connectivity index (χ2n) is 9.26. The van der Waals surface area contributed by atoms with Crippen molar-refractivity contribution in [1.82, 2.24) is 0 Å². The number of hydrogen-bond acceptors (Lipinski definition) is 5. The number of ether oxygens (including phenoxy) is 1. The molecule has 0 radical (unpaired) electrons. The molecule has 0 aromatic heterocycles. The zero-order valence-corrected chi connectivity index (χ0v) is 14.7. The fraction of sp³-hybridized carbons (Fsp3) is 0.700. The van der Waals surface area contributed by atoms with E-state index < -0.39 is 29.3 Å². The fourth-order valence-corrected chi connectivity index (χ4v) is 6.73. The summed E-state index contributed by atoms with van der Waals surface area (Å²) in [6, 6.07) is 3.08. The van der Waals surface area contributed by atoms with Gasteiger partial charge in [-0.25, -0.2) is 0 Å². The van der Waals surface area contributed by atoms with Gasteiger partial charge in [0.05, 0.1) is 24.6 Å². The van der Waals surface area contributed by atoms with Crippen molar-refractivity contribution < 1.29 is 24.7 Å². The van der Waals surface area contributed by atoms with Gasteiger partial charge in [-0.05, 0) is 37.3 Å². The standard InChI is InChI=1S/C20H25NO5/c22-13-4-3-12-9-15-20(24)6-5-14(23)18-19(20,16(12)17(13)26-18)7-8-21(15,25)10-11-1-2-11/h3-4,11,14-15,18,22-24H,1-2,5-10H2/t14-,15+,18?,19-,20+,21?/m1/s1. The predicted molar refractivity (Wildman–Crippen MR) is 92.6 cm³/mol. The molecule has 26 heavy (non-hydrogen) atoms. The summed E-state index contributed by atoms with van der Waals surface area (Å²) in [6.07, 6.45) is 2.83. The maximum atomic E-state index is 13.9. The molecule has 0 amide bonds. The number of nitrogens with zero attached hydrogens (tertiary/aromatic N) is 1.